The molecule has 1 aliphatic heterocycles. The van der Waals surface area contributed by atoms with Crippen LogP contribution in [0.2, 0.25) is 5.02 Å². The van der Waals surface area contributed by atoms with E-state index < -0.39 is 17.8 Å². The van der Waals surface area contributed by atoms with Crippen LogP contribution in [0.5, 0.6) is 0 Å². The van der Waals surface area contributed by atoms with Crippen LogP contribution in [-0.4, -0.2) is 40.3 Å². The Morgan fingerprint density at radius 2 is 1.97 bits per heavy atom. The predicted molar refractivity (Wildman–Crippen MR) is 122 cm³/mol. The molecule has 0 radical (unpaired) electrons. The molecule has 3 aromatic rings. The Morgan fingerprint density at radius 3 is 2.72 bits per heavy atom. The van der Waals surface area contributed by atoms with Gasteiger partial charge in [0.25, 0.3) is 11.5 Å². The molecule has 10 heteroatoms. The summed E-state index contributed by atoms with van der Waals surface area (Å²) < 4.78 is 16.2. The molecule has 32 heavy (non-hydrogen) atoms. The highest BCUT2D eigenvalue weighted by Crippen LogP contribution is 2.36. The summed E-state index contributed by atoms with van der Waals surface area (Å²) in [7, 11) is 1.85. The van der Waals surface area contributed by atoms with Gasteiger partial charge >= 0.3 is 0 Å². The van der Waals surface area contributed by atoms with Gasteiger partial charge in [-0.2, -0.15) is 0 Å². The molecule has 8 nitrogen and oxygen atoms in total. The first-order chi connectivity index (χ1) is 15.3. The van der Waals surface area contributed by atoms with E-state index in [1.807, 2.05) is 11.9 Å². The lowest BCUT2D eigenvalue weighted by molar-refractivity contribution is -0.123. The Morgan fingerprint density at radius 1 is 1.19 bits per heavy atom. The van der Waals surface area contributed by atoms with Crippen molar-refractivity contribution in [1.29, 1.82) is 0 Å². The molecule has 0 aliphatic carbocycles. The molecule has 2 aromatic heterocycles. The molecule has 0 saturated heterocycles. The van der Waals surface area contributed by atoms with E-state index in [0.717, 1.165) is 0 Å². The van der Waals surface area contributed by atoms with Crippen LogP contribution in [0.15, 0.2) is 47.5 Å². The molecule has 166 valence electrons. The van der Waals surface area contributed by atoms with Gasteiger partial charge < -0.3 is 20.6 Å². The van der Waals surface area contributed by atoms with E-state index in [2.05, 4.69) is 15.6 Å². The number of nitrogens with one attached hydrogen (secondary N) is 2. The number of pyridine rings is 2. The molecule has 1 aromatic carbocycles. The molecular weight excluding hydrogens is 437 g/mol. The molecule has 3 N–H and O–H groups in total. The number of hydrogen-bond donors (Lipinski definition) is 3. The smallest absolute Gasteiger partial charge is 0.260 e. The Bertz CT molecular complexity index is 1260. The summed E-state index contributed by atoms with van der Waals surface area (Å²) in [6, 6.07) is 7.29. The standard InChI is InChI=1S/C22H21ClFN5O3/c1-12(30)20(31)27-19-11-25-6-5-17(19)26-18-10-15(14-9-13(23)3-4-16(14)24)22(32)29-8-7-28(2)21(18)29/h3-6,9-12,30H,7-8H2,1-2H3,(H,25,26)(H,27,31)/t12-/m0/s1. The second-order valence-corrected chi connectivity index (χ2v) is 7.95. The number of carbonyl (C=O) groups is 1. The second kappa shape index (κ2) is 8.60. The lowest BCUT2D eigenvalue weighted by atomic mass is 10.1. The zero-order chi connectivity index (χ0) is 23.0. The number of nitrogens with zero attached hydrogens (tertiary/aromatic N) is 3. The van der Waals surface area contributed by atoms with Crippen LogP contribution in [-0.2, 0) is 11.3 Å². The monoisotopic (exact) mass is 457 g/mol. The Kier molecular flexibility index (Phi) is 5.86. The third-order valence-electron chi connectivity index (χ3n) is 5.23. The quantitative estimate of drug-likeness (QED) is 0.544. The van der Waals surface area contributed by atoms with Crippen LogP contribution in [0.4, 0.5) is 27.3 Å². The summed E-state index contributed by atoms with van der Waals surface area (Å²) in [5.41, 5.74) is 1.32. The van der Waals surface area contributed by atoms with Crippen molar-refractivity contribution in [3.05, 3.63) is 63.9 Å². The van der Waals surface area contributed by atoms with Gasteiger partial charge in [0.2, 0.25) is 0 Å². The third kappa shape index (κ3) is 4.04. The van der Waals surface area contributed by atoms with Gasteiger partial charge in [-0.1, -0.05) is 11.6 Å². The fraction of sp³-hybridized carbons (Fsp3) is 0.227. The molecule has 3 heterocycles. The number of carbonyl (C=O) groups excluding carboxylic acids is 1. The summed E-state index contributed by atoms with van der Waals surface area (Å²) in [5, 5.41) is 15.7. The highest BCUT2D eigenvalue weighted by Gasteiger charge is 2.25. The third-order valence-corrected chi connectivity index (χ3v) is 5.46. The number of benzene rings is 1. The zero-order valence-electron chi connectivity index (χ0n) is 17.4. The van der Waals surface area contributed by atoms with E-state index in [-0.39, 0.29) is 16.7 Å². The van der Waals surface area contributed by atoms with E-state index in [1.54, 1.807) is 16.7 Å². The number of aliphatic hydroxyl groups excluding tert-OH is 1. The van der Waals surface area contributed by atoms with Crippen LogP contribution in [0.25, 0.3) is 11.1 Å². The van der Waals surface area contributed by atoms with Crippen LogP contribution in [0.1, 0.15) is 6.92 Å². The van der Waals surface area contributed by atoms with E-state index in [1.165, 1.54) is 37.5 Å². The van der Waals surface area contributed by atoms with Crippen LogP contribution in [0, 0.1) is 5.82 Å². The minimum absolute atomic E-state index is 0.104. The highest BCUT2D eigenvalue weighted by molar-refractivity contribution is 6.30. The molecule has 0 spiro atoms. The SMILES string of the molecule is C[C@H](O)C(=O)Nc1cnccc1Nc1cc(-c2cc(Cl)ccc2F)c(=O)n2c1N(C)CC2. The van der Waals surface area contributed by atoms with Gasteiger partial charge in [0, 0.05) is 36.9 Å². The number of aromatic nitrogens is 2. The first-order valence-electron chi connectivity index (χ1n) is 9.90. The van der Waals surface area contributed by atoms with Gasteiger partial charge in [-0.15, -0.1) is 0 Å². The van der Waals surface area contributed by atoms with Crippen molar-refractivity contribution < 1.29 is 14.3 Å². The van der Waals surface area contributed by atoms with Crippen molar-refractivity contribution in [2.75, 3.05) is 29.1 Å². The summed E-state index contributed by atoms with van der Waals surface area (Å²) in [6.07, 6.45) is 1.78. The van der Waals surface area contributed by atoms with E-state index in [4.69, 9.17) is 11.6 Å². The topological polar surface area (TPSA) is 99.5 Å². The summed E-state index contributed by atoms with van der Waals surface area (Å²) in [6.45, 7) is 2.40. The first kappa shape index (κ1) is 21.8. The lowest BCUT2D eigenvalue weighted by Gasteiger charge is -2.20. The molecule has 0 unspecified atom stereocenters. The number of halogens is 2. The number of likely N-dealkylation sites (N-methyl/N-ethyl adjacent to an activating group) is 1. The second-order valence-electron chi connectivity index (χ2n) is 7.51. The zero-order valence-corrected chi connectivity index (χ0v) is 18.2. The summed E-state index contributed by atoms with van der Waals surface area (Å²) in [5.74, 6) is -0.515. The van der Waals surface area contributed by atoms with Crippen molar-refractivity contribution >= 4 is 40.4 Å². The molecule has 4 rings (SSSR count). The Hall–Kier alpha value is -3.43. The number of hydrogen-bond acceptors (Lipinski definition) is 6. The fourth-order valence-electron chi connectivity index (χ4n) is 3.61. The van der Waals surface area contributed by atoms with Gasteiger partial charge in [0.1, 0.15) is 17.7 Å². The van der Waals surface area contributed by atoms with Crippen molar-refractivity contribution in [2.24, 2.45) is 0 Å². The van der Waals surface area contributed by atoms with Crippen molar-refractivity contribution in [2.45, 2.75) is 19.6 Å². The molecule has 0 saturated carbocycles. The number of rotatable bonds is 5. The van der Waals surface area contributed by atoms with E-state index in [9.17, 15) is 19.1 Å². The Labute approximate surface area is 188 Å². The van der Waals surface area contributed by atoms with Crippen LogP contribution < -0.4 is 21.1 Å². The van der Waals surface area contributed by atoms with Crippen molar-refractivity contribution in [3.8, 4) is 11.1 Å². The van der Waals surface area contributed by atoms with Gasteiger partial charge in [-0.25, -0.2) is 4.39 Å². The molecule has 0 fully saturated rings. The predicted octanol–water partition coefficient (Wildman–Crippen LogP) is 3.22. The van der Waals surface area contributed by atoms with Crippen LogP contribution in [0.3, 0.4) is 0 Å². The summed E-state index contributed by atoms with van der Waals surface area (Å²) >= 11 is 6.06. The maximum absolute atomic E-state index is 14.6. The Balaban J connectivity index is 1.84. The van der Waals surface area contributed by atoms with Crippen molar-refractivity contribution in [1.82, 2.24) is 9.55 Å². The minimum atomic E-state index is -1.20. The van der Waals surface area contributed by atoms with Gasteiger partial charge in [0.05, 0.1) is 28.8 Å². The van der Waals surface area contributed by atoms with Gasteiger partial charge in [-0.05, 0) is 37.3 Å². The average Bonchev–Trinajstić information content (AvgIpc) is 3.15. The van der Waals surface area contributed by atoms with E-state index in [0.29, 0.717) is 41.0 Å². The van der Waals surface area contributed by atoms with Crippen molar-refractivity contribution in [3.63, 3.8) is 0 Å². The van der Waals surface area contributed by atoms with Gasteiger partial charge in [-0.3, -0.25) is 19.1 Å². The lowest BCUT2D eigenvalue weighted by Crippen LogP contribution is -2.25. The normalized spacial score (nSPS) is 13.6. The summed E-state index contributed by atoms with van der Waals surface area (Å²) in [4.78, 5) is 31.1. The molecule has 0 bridgehead atoms. The van der Waals surface area contributed by atoms with E-state index >= 15 is 0 Å². The number of aliphatic hydroxyl groups is 1. The molecule has 1 aliphatic rings. The van der Waals surface area contributed by atoms with Gasteiger partial charge in [0.15, 0.2) is 0 Å². The maximum atomic E-state index is 14.6. The molecular formula is C22H21ClFN5O3. The molecule has 1 amide bonds. The van der Waals surface area contributed by atoms with Crippen LogP contribution >= 0.6 is 11.6 Å². The number of amides is 1. The number of anilines is 4. The average molecular weight is 458 g/mol. The first-order valence-corrected chi connectivity index (χ1v) is 10.3. The minimum Gasteiger partial charge on any atom is -0.384 e. The maximum Gasteiger partial charge on any atom is 0.260 e. The number of fused-ring (bicyclic) bond motifs is 1. The molecule has 1 atom stereocenters. The fourth-order valence-corrected chi connectivity index (χ4v) is 3.78. The highest BCUT2D eigenvalue weighted by atomic mass is 35.5. The largest absolute Gasteiger partial charge is 0.384 e.